The Bertz CT molecular complexity index is 627. The summed E-state index contributed by atoms with van der Waals surface area (Å²) in [7, 11) is 0. The summed E-state index contributed by atoms with van der Waals surface area (Å²) in [6.45, 7) is 4.08. The Kier molecular flexibility index (Phi) is 3.93. The highest BCUT2D eigenvalue weighted by Crippen LogP contribution is 2.12. The van der Waals surface area contributed by atoms with Crippen molar-refractivity contribution in [3.8, 4) is 0 Å². The molecule has 2 rings (SSSR count). The molecule has 0 aliphatic heterocycles. The van der Waals surface area contributed by atoms with Gasteiger partial charge in [-0.1, -0.05) is 37.6 Å². The molecule has 0 atom stereocenters. The first-order chi connectivity index (χ1) is 8.58. The van der Waals surface area contributed by atoms with Gasteiger partial charge >= 0.3 is 0 Å². The maximum atomic E-state index is 5.91. The number of aromatic amines is 1. The number of nitrogens with one attached hydrogen (secondary N) is 1. The zero-order chi connectivity index (χ0) is 13.1. The predicted octanol–water partition coefficient (Wildman–Crippen LogP) is 3.60. The lowest BCUT2D eigenvalue weighted by molar-refractivity contribution is 0.695. The van der Waals surface area contributed by atoms with Gasteiger partial charge in [-0.15, -0.1) is 0 Å². The van der Waals surface area contributed by atoms with Crippen LogP contribution >= 0.6 is 23.8 Å². The Morgan fingerprint density at radius 2 is 2.28 bits per heavy atom. The van der Waals surface area contributed by atoms with Crippen LogP contribution in [-0.4, -0.2) is 21.1 Å². The quantitative estimate of drug-likeness (QED) is 0.690. The SMILES string of the molecule is CC(C)c1n[nH]c(=S)n1/N=C/c1cccc(Cl)c1. The largest absolute Gasteiger partial charge is 0.250 e. The summed E-state index contributed by atoms with van der Waals surface area (Å²) in [5.74, 6) is 1.05. The molecule has 0 radical (unpaired) electrons. The van der Waals surface area contributed by atoms with Crippen LogP contribution in [0.5, 0.6) is 0 Å². The normalized spacial score (nSPS) is 11.6. The van der Waals surface area contributed by atoms with Crippen LogP contribution in [-0.2, 0) is 0 Å². The minimum atomic E-state index is 0.245. The predicted molar refractivity (Wildman–Crippen MR) is 75.9 cm³/mol. The lowest BCUT2D eigenvalue weighted by Gasteiger charge is -2.02. The highest BCUT2D eigenvalue weighted by atomic mass is 35.5. The topological polar surface area (TPSA) is 46.0 Å². The van der Waals surface area contributed by atoms with E-state index in [-0.39, 0.29) is 5.92 Å². The van der Waals surface area contributed by atoms with Gasteiger partial charge in [0.25, 0.3) is 0 Å². The molecule has 1 aromatic carbocycles. The molecule has 0 bridgehead atoms. The zero-order valence-corrected chi connectivity index (χ0v) is 11.7. The van der Waals surface area contributed by atoms with E-state index in [9.17, 15) is 0 Å². The fraction of sp³-hybridized carbons (Fsp3) is 0.250. The summed E-state index contributed by atoms with van der Waals surface area (Å²) in [6, 6.07) is 7.46. The van der Waals surface area contributed by atoms with Gasteiger partial charge in [-0.3, -0.25) is 5.10 Å². The minimum Gasteiger partial charge on any atom is -0.250 e. The van der Waals surface area contributed by atoms with Crippen LogP contribution in [0, 0.1) is 4.77 Å². The Hall–Kier alpha value is -1.46. The number of nitrogens with zero attached hydrogens (tertiary/aromatic N) is 3. The smallest absolute Gasteiger partial charge is 0.216 e. The summed E-state index contributed by atoms with van der Waals surface area (Å²) in [5, 5.41) is 11.9. The van der Waals surface area contributed by atoms with Crippen molar-refractivity contribution in [1.29, 1.82) is 0 Å². The summed E-state index contributed by atoms with van der Waals surface area (Å²) >= 11 is 11.0. The standard InChI is InChI=1S/C12H13ClN4S/c1-8(2)11-15-16-12(18)17(11)14-7-9-4-3-5-10(13)6-9/h3-8H,1-2H3,(H,16,18)/b14-7+. The lowest BCUT2D eigenvalue weighted by Crippen LogP contribution is -2.00. The number of halogens is 1. The van der Waals surface area contributed by atoms with Crippen molar-refractivity contribution in [3.63, 3.8) is 0 Å². The van der Waals surface area contributed by atoms with Crippen molar-refractivity contribution in [1.82, 2.24) is 14.9 Å². The number of H-pyrrole nitrogens is 1. The molecule has 0 fully saturated rings. The molecule has 1 heterocycles. The highest BCUT2D eigenvalue weighted by molar-refractivity contribution is 7.71. The van der Waals surface area contributed by atoms with Crippen molar-refractivity contribution in [2.45, 2.75) is 19.8 Å². The molecule has 0 aliphatic carbocycles. The number of hydrogen-bond donors (Lipinski definition) is 1. The molecule has 6 heteroatoms. The Labute approximate surface area is 115 Å². The molecule has 4 nitrogen and oxygen atoms in total. The van der Waals surface area contributed by atoms with Crippen LogP contribution in [0.3, 0.4) is 0 Å². The fourth-order valence-electron chi connectivity index (χ4n) is 1.50. The molecule has 0 aliphatic rings. The van der Waals surface area contributed by atoms with Gasteiger partial charge in [0.1, 0.15) is 0 Å². The van der Waals surface area contributed by atoms with Crippen LogP contribution in [0.25, 0.3) is 0 Å². The van der Waals surface area contributed by atoms with Crippen LogP contribution < -0.4 is 0 Å². The Balaban J connectivity index is 2.34. The van der Waals surface area contributed by atoms with E-state index in [0.29, 0.717) is 9.79 Å². The molecule has 0 saturated carbocycles. The van der Waals surface area contributed by atoms with Gasteiger partial charge in [-0.2, -0.15) is 14.9 Å². The van der Waals surface area contributed by atoms with E-state index in [0.717, 1.165) is 11.4 Å². The van der Waals surface area contributed by atoms with Crippen LogP contribution in [0.2, 0.25) is 5.02 Å². The second-order valence-electron chi connectivity index (χ2n) is 4.15. The van der Waals surface area contributed by atoms with Crippen molar-refractivity contribution in [2.24, 2.45) is 5.10 Å². The molecule has 0 spiro atoms. The van der Waals surface area contributed by atoms with Crippen LogP contribution in [0.15, 0.2) is 29.4 Å². The van der Waals surface area contributed by atoms with Crippen molar-refractivity contribution < 1.29 is 0 Å². The zero-order valence-electron chi connectivity index (χ0n) is 10.1. The van der Waals surface area contributed by atoms with Gasteiger partial charge < -0.3 is 0 Å². The first-order valence-electron chi connectivity index (χ1n) is 5.55. The maximum absolute atomic E-state index is 5.91. The maximum Gasteiger partial charge on any atom is 0.216 e. The second-order valence-corrected chi connectivity index (χ2v) is 4.98. The Morgan fingerprint density at radius 3 is 2.94 bits per heavy atom. The molecular formula is C12H13ClN4S. The van der Waals surface area contributed by atoms with E-state index < -0.39 is 0 Å². The molecule has 18 heavy (non-hydrogen) atoms. The van der Waals surface area contributed by atoms with E-state index in [1.165, 1.54) is 0 Å². The van der Waals surface area contributed by atoms with Gasteiger partial charge in [-0.25, -0.2) is 0 Å². The number of benzene rings is 1. The van der Waals surface area contributed by atoms with E-state index in [2.05, 4.69) is 15.3 Å². The number of rotatable bonds is 3. The highest BCUT2D eigenvalue weighted by Gasteiger charge is 2.08. The molecule has 2 aromatic rings. The average molecular weight is 281 g/mol. The molecule has 1 N–H and O–H groups in total. The third-order valence-electron chi connectivity index (χ3n) is 2.36. The molecule has 0 saturated heterocycles. The van der Waals surface area contributed by atoms with E-state index in [1.54, 1.807) is 10.9 Å². The third kappa shape index (κ3) is 2.86. The van der Waals surface area contributed by atoms with Crippen molar-refractivity contribution in [3.05, 3.63) is 45.4 Å². The van der Waals surface area contributed by atoms with Gasteiger partial charge in [-0.05, 0) is 29.9 Å². The second kappa shape index (κ2) is 5.46. The summed E-state index contributed by atoms with van der Waals surface area (Å²) in [5.41, 5.74) is 0.917. The average Bonchev–Trinajstić information content (AvgIpc) is 2.68. The summed E-state index contributed by atoms with van der Waals surface area (Å²) in [6.07, 6.45) is 1.71. The van der Waals surface area contributed by atoms with Crippen LogP contribution in [0.1, 0.15) is 31.2 Å². The molecular weight excluding hydrogens is 268 g/mol. The minimum absolute atomic E-state index is 0.245. The van der Waals surface area contributed by atoms with Gasteiger partial charge in [0.2, 0.25) is 4.77 Å². The monoisotopic (exact) mass is 280 g/mol. The van der Waals surface area contributed by atoms with Crippen molar-refractivity contribution in [2.75, 3.05) is 0 Å². The molecule has 0 unspecified atom stereocenters. The van der Waals surface area contributed by atoms with Crippen LogP contribution in [0.4, 0.5) is 0 Å². The van der Waals surface area contributed by atoms with Crippen molar-refractivity contribution >= 4 is 30.0 Å². The fourth-order valence-corrected chi connectivity index (χ4v) is 1.89. The molecule has 1 aromatic heterocycles. The van der Waals surface area contributed by atoms with E-state index in [1.807, 2.05) is 38.1 Å². The molecule has 94 valence electrons. The first kappa shape index (κ1) is 13.0. The van der Waals surface area contributed by atoms with Gasteiger partial charge in [0.05, 0.1) is 6.21 Å². The first-order valence-corrected chi connectivity index (χ1v) is 6.34. The third-order valence-corrected chi connectivity index (χ3v) is 2.86. The van der Waals surface area contributed by atoms with E-state index >= 15 is 0 Å². The molecule has 0 amide bonds. The van der Waals surface area contributed by atoms with Gasteiger partial charge in [0, 0.05) is 10.9 Å². The lowest BCUT2D eigenvalue weighted by atomic mass is 10.2. The number of aromatic nitrogens is 3. The summed E-state index contributed by atoms with van der Waals surface area (Å²) in [4.78, 5) is 0. The van der Waals surface area contributed by atoms with E-state index in [4.69, 9.17) is 23.8 Å². The van der Waals surface area contributed by atoms with Gasteiger partial charge in [0.15, 0.2) is 5.82 Å². The Morgan fingerprint density at radius 1 is 1.50 bits per heavy atom. The summed E-state index contributed by atoms with van der Waals surface area (Å²) < 4.78 is 2.11. The number of hydrogen-bond acceptors (Lipinski definition) is 3.